The van der Waals surface area contributed by atoms with Crippen LogP contribution in [-0.2, 0) is 6.18 Å². The maximum Gasteiger partial charge on any atom is 0.418 e. The smallest absolute Gasteiger partial charge is 0.418 e. The van der Waals surface area contributed by atoms with Crippen LogP contribution in [0, 0.1) is 17.2 Å². The predicted octanol–water partition coefficient (Wildman–Crippen LogP) is 2.60. The molecule has 7 heteroatoms. The summed E-state index contributed by atoms with van der Waals surface area (Å²) in [5.74, 6) is 0.449. The molecule has 1 fully saturated rings. The molecule has 0 N–H and O–H groups in total. The Morgan fingerprint density at radius 3 is 2.90 bits per heavy atom. The highest BCUT2D eigenvalue weighted by atomic mass is 19.4. The number of rotatable bonds is 0. The molecule has 2 atom stereocenters. The molecule has 0 radical (unpaired) electrons. The monoisotopic (exact) mass is 283 g/mol. The molecular weight excluding hydrogens is 271 g/mol. The van der Waals surface area contributed by atoms with Crippen molar-refractivity contribution < 1.29 is 17.9 Å². The van der Waals surface area contributed by atoms with Crippen molar-refractivity contribution in [2.45, 2.75) is 25.1 Å². The number of pyridine rings is 1. The van der Waals surface area contributed by atoms with Crippen LogP contribution in [0.4, 0.5) is 19.0 Å². The van der Waals surface area contributed by atoms with Gasteiger partial charge in [-0.05, 0) is 18.9 Å². The Balaban J connectivity index is 1.94. The van der Waals surface area contributed by atoms with Crippen LogP contribution in [0.5, 0.6) is 5.75 Å². The summed E-state index contributed by atoms with van der Waals surface area (Å²) >= 11 is 0. The second kappa shape index (κ2) is 4.54. The standard InChI is InChI=1S/C13H12F3N3O/c14-13(15,16)9-3-11-12(18-5-9)19-6-8(4-17)1-2-10(19)7-20-11/h3,5,8,10H,1-2,6-7H2. The first-order valence-corrected chi connectivity index (χ1v) is 6.35. The van der Waals surface area contributed by atoms with E-state index in [1.807, 2.05) is 4.90 Å². The summed E-state index contributed by atoms with van der Waals surface area (Å²) in [6.07, 6.45) is -2.03. The quantitative estimate of drug-likeness (QED) is 0.734. The molecule has 0 amide bonds. The van der Waals surface area contributed by atoms with Crippen LogP contribution in [0.2, 0.25) is 0 Å². The third kappa shape index (κ3) is 2.15. The second-order valence-electron chi connectivity index (χ2n) is 5.06. The Morgan fingerprint density at radius 2 is 2.20 bits per heavy atom. The van der Waals surface area contributed by atoms with Gasteiger partial charge >= 0.3 is 6.18 Å². The van der Waals surface area contributed by atoms with E-state index in [9.17, 15) is 13.2 Å². The maximum atomic E-state index is 12.7. The molecule has 2 aliphatic rings. The number of hydrogen-bond donors (Lipinski definition) is 0. The zero-order valence-corrected chi connectivity index (χ0v) is 10.5. The van der Waals surface area contributed by atoms with Gasteiger partial charge in [-0.15, -0.1) is 0 Å². The molecule has 2 unspecified atom stereocenters. The predicted molar refractivity (Wildman–Crippen MR) is 64.2 cm³/mol. The third-order valence-electron chi connectivity index (χ3n) is 3.75. The maximum absolute atomic E-state index is 12.7. The van der Waals surface area contributed by atoms with Crippen LogP contribution < -0.4 is 9.64 Å². The zero-order chi connectivity index (χ0) is 14.3. The lowest BCUT2D eigenvalue weighted by Crippen LogP contribution is -2.49. The van der Waals surface area contributed by atoms with Crippen LogP contribution in [0.15, 0.2) is 12.3 Å². The van der Waals surface area contributed by atoms with Crippen molar-refractivity contribution in [3.63, 3.8) is 0 Å². The Bertz CT molecular complexity index is 567. The van der Waals surface area contributed by atoms with Crippen molar-refractivity contribution in [3.8, 4) is 11.8 Å². The molecule has 3 rings (SSSR count). The van der Waals surface area contributed by atoms with E-state index in [0.717, 1.165) is 25.1 Å². The van der Waals surface area contributed by atoms with Crippen molar-refractivity contribution in [1.82, 2.24) is 4.98 Å². The lowest BCUT2D eigenvalue weighted by Gasteiger charge is -2.42. The van der Waals surface area contributed by atoms with E-state index in [1.54, 1.807) is 0 Å². The van der Waals surface area contributed by atoms with Crippen molar-refractivity contribution in [2.75, 3.05) is 18.1 Å². The minimum atomic E-state index is -4.43. The molecule has 2 aliphatic heterocycles. The van der Waals surface area contributed by atoms with E-state index in [4.69, 9.17) is 10.00 Å². The van der Waals surface area contributed by atoms with Crippen LogP contribution in [0.25, 0.3) is 0 Å². The summed E-state index contributed by atoms with van der Waals surface area (Å²) in [7, 11) is 0. The number of piperidine rings is 1. The molecule has 1 aromatic heterocycles. The molecule has 0 spiro atoms. The number of aromatic nitrogens is 1. The molecule has 1 saturated heterocycles. The van der Waals surface area contributed by atoms with E-state index < -0.39 is 11.7 Å². The fourth-order valence-corrected chi connectivity index (χ4v) is 2.67. The number of ether oxygens (including phenoxy) is 1. The Kier molecular flexibility index (Phi) is 2.96. The fraction of sp³-hybridized carbons (Fsp3) is 0.538. The Morgan fingerprint density at radius 1 is 1.40 bits per heavy atom. The highest BCUT2D eigenvalue weighted by Crippen LogP contribution is 2.40. The molecule has 0 bridgehead atoms. The summed E-state index contributed by atoms with van der Waals surface area (Å²) < 4.78 is 43.4. The van der Waals surface area contributed by atoms with Gasteiger partial charge in [-0.25, -0.2) is 4.98 Å². The van der Waals surface area contributed by atoms with Gasteiger partial charge in [-0.3, -0.25) is 0 Å². The average Bonchev–Trinajstić information content (AvgIpc) is 2.45. The summed E-state index contributed by atoms with van der Waals surface area (Å²) in [4.78, 5) is 5.81. The molecule has 0 saturated carbocycles. The van der Waals surface area contributed by atoms with Gasteiger partial charge in [0, 0.05) is 12.7 Å². The van der Waals surface area contributed by atoms with Gasteiger partial charge < -0.3 is 9.64 Å². The summed E-state index contributed by atoms with van der Waals surface area (Å²) in [5, 5.41) is 9.00. The number of hydrogen-bond acceptors (Lipinski definition) is 4. The van der Waals surface area contributed by atoms with Gasteiger partial charge in [-0.1, -0.05) is 0 Å². The molecule has 0 aromatic carbocycles. The fourth-order valence-electron chi connectivity index (χ4n) is 2.67. The first kappa shape index (κ1) is 13.0. The molecule has 3 heterocycles. The first-order chi connectivity index (χ1) is 9.49. The zero-order valence-electron chi connectivity index (χ0n) is 10.5. The average molecular weight is 283 g/mol. The summed E-state index contributed by atoms with van der Waals surface area (Å²) in [6.45, 7) is 0.837. The Labute approximate surface area is 113 Å². The lowest BCUT2D eigenvalue weighted by atomic mass is 9.93. The lowest BCUT2D eigenvalue weighted by molar-refractivity contribution is -0.138. The van der Waals surface area contributed by atoms with Crippen molar-refractivity contribution in [3.05, 3.63) is 17.8 Å². The highest BCUT2D eigenvalue weighted by molar-refractivity contribution is 5.56. The van der Waals surface area contributed by atoms with E-state index >= 15 is 0 Å². The first-order valence-electron chi connectivity index (χ1n) is 6.35. The normalized spacial score (nSPS) is 25.2. The van der Waals surface area contributed by atoms with Gasteiger partial charge in [0.1, 0.15) is 6.61 Å². The van der Waals surface area contributed by atoms with Gasteiger partial charge in [0.05, 0.1) is 23.6 Å². The summed E-state index contributed by atoms with van der Waals surface area (Å²) in [5.41, 5.74) is -0.816. The Hall–Kier alpha value is -1.97. The number of halogens is 3. The van der Waals surface area contributed by atoms with Gasteiger partial charge in [-0.2, -0.15) is 18.4 Å². The van der Waals surface area contributed by atoms with Crippen molar-refractivity contribution >= 4 is 5.82 Å². The van der Waals surface area contributed by atoms with E-state index in [0.29, 0.717) is 19.0 Å². The van der Waals surface area contributed by atoms with Gasteiger partial charge in [0.25, 0.3) is 0 Å². The number of nitrogens with zero attached hydrogens (tertiary/aromatic N) is 3. The van der Waals surface area contributed by atoms with Crippen molar-refractivity contribution in [1.29, 1.82) is 5.26 Å². The van der Waals surface area contributed by atoms with Gasteiger partial charge in [0.15, 0.2) is 11.6 Å². The second-order valence-corrected chi connectivity index (χ2v) is 5.06. The molecule has 0 aliphatic carbocycles. The topological polar surface area (TPSA) is 49.1 Å². The third-order valence-corrected chi connectivity index (χ3v) is 3.75. The molecular formula is C13H12F3N3O. The number of fused-ring (bicyclic) bond motifs is 3. The van der Waals surface area contributed by atoms with Crippen LogP contribution in [-0.4, -0.2) is 24.2 Å². The van der Waals surface area contributed by atoms with Crippen LogP contribution >= 0.6 is 0 Å². The molecule has 20 heavy (non-hydrogen) atoms. The number of nitriles is 1. The van der Waals surface area contributed by atoms with Crippen LogP contribution in [0.3, 0.4) is 0 Å². The van der Waals surface area contributed by atoms with Crippen LogP contribution in [0.1, 0.15) is 18.4 Å². The molecule has 106 valence electrons. The van der Waals surface area contributed by atoms with Gasteiger partial charge in [0.2, 0.25) is 0 Å². The minimum absolute atomic E-state index is 0.0938. The van der Waals surface area contributed by atoms with Crippen molar-refractivity contribution in [2.24, 2.45) is 5.92 Å². The van der Waals surface area contributed by atoms with E-state index in [-0.39, 0.29) is 17.7 Å². The highest BCUT2D eigenvalue weighted by Gasteiger charge is 2.37. The van der Waals surface area contributed by atoms with E-state index in [1.165, 1.54) is 0 Å². The number of alkyl halides is 3. The molecule has 4 nitrogen and oxygen atoms in total. The summed E-state index contributed by atoms with van der Waals surface area (Å²) in [6, 6.07) is 3.29. The molecule has 1 aromatic rings. The minimum Gasteiger partial charge on any atom is -0.488 e. The van der Waals surface area contributed by atoms with E-state index in [2.05, 4.69) is 11.1 Å². The SMILES string of the molecule is N#CC1CCC2COc3cc(C(F)(F)F)cnc3N2C1. The largest absolute Gasteiger partial charge is 0.488 e. The number of anilines is 1.